The molecule has 0 aromatic heterocycles. The molecule has 0 aromatic rings. The lowest BCUT2D eigenvalue weighted by atomic mass is 9.90. The lowest BCUT2D eigenvalue weighted by Crippen LogP contribution is -2.28. The van der Waals surface area contributed by atoms with E-state index in [2.05, 4.69) is 11.9 Å². The first-order valence-electron chi connectivity index (χ1n) is 5.60. The Morgan fingerprint density at radius 2 is 2.21 bits per heavy atom. The Labute approximate surface area is 86.8 Å². The van der Waals surface area contributed by atoms with Gasteiger partial charge in [0.05, 0.1) is 0 Å². The molecule has 1 aliphatic rings. The molecule has 1 saturated carbocycles. The maximum absolute atomic E-state index is 11.5. The van der Waals surface area contributed by atoms with Crippen LogP contribution in [0.1, 0.15) is 38.5 Å². The van der Waals surface area contributed by atoms with Gasteiger partial charge < -0.3 is 5.32 Å². The predicted octanol–water partition coefficient (Wildman–Crippen LogP) is 2.50. The largest absolute Gasteiger partial charge is 0.359 e. The van der Waals surface area contributed by atoms with Gasteiger partial charge in [-0.2, -0.15) is 0 Å². The molecule has 2 heteroatoms. The third kappa shape index (κ3) is 3.17. The van der Waals surface area contributed by atoms with E-state index < -0.39 is 0 Å². The van der Waals surface area contributed by atoms with Gasteiger partial charge in [0.15, 0.2) is 0 Å². The number of carbonyl (C=O) groups excluding carboxylic acids is 1. The van der Waals surface area contributed by atoms with E-state index in [9.17, 15) is 4.79 Å². The van der Waals surface area contributed by atoms with Gasteiger partial charge in [-0.25, -0.2) is 0 Å². The van der Waals surface area contributed by atoms with Crippen molar-refractivity contribution in [3.8, 4) is 0 Å². The van der Waals surface area contributed by atoms with Gasteiger partial charge in [-0.05, 0) is 18.8 Å². The zero-order valence-corrected chi connectivity index (χ0v) is 9.09. The highest BCUT2D eigenvalue weighted by atomic mass is 16.1. The molecule has 0 bridgehead atoms. The van der Waals surface area contributed by atoms with Crippen molar-refractivity contribution in [1.29, 1.82) is 0 Å². The van der Waals surface area contributed by atoms with Gasteiger partial charge in [0.2, 0.25) is 5.91 Å². The first-order valence-corrected chi connectivity index (χ1v) is 5.60. The van der Waals surface area contributed by atoms with Gasteiger partial charge in [-0.3, -0.25) is 4.79 Å². The van der Waals surface area contributed by atoms with Crippen molar-refractivity contribution in [2.75, 3.05) is 7.05 Å². The number of amides is 1. The zero-order chi connectivity index (χ0) is 10.4. The standard InChI is InChI=1S/C12H21NO/c1-3-6-11(12(14)13-2)9-10-7-4-5-8-10/h3,10-11H,1,4-9H2,2H3,(H,13,14). The van der Waals surface area contributed by atoms with Crippen LogP contribution < -0.4 is 5.32 Å². The molecule has 0 saturated heterocycles. The van der Waals surface area contributed by atoms with E-state index in [-0.39, 0.29) is 11.8 Å². The molecule has 0 spiro atoms. The van der Waals surface area contributed by atoms with Crippen LogP contribution in [0.2, 0.25) is 0 Å². The molecule has 1 unspecified atom stereocenters. The normalized spacial score (nSPS) is 19.2. The average Bonchev–Trinajstić information content (AvgIpc) is 2.68. The summed E-state index contributed by atoms with van der Waals surface area (Å²) in [6.07, 6.45) is 9.03. The fraction of sp³-hybridized carbons (Fsp3) is 0.750. The predicted molar refractivity (Wildman–Crippen MR) is 58.9 cm³/mol. The number of rotatable bonds is 5. The summed E-state index contributed by atoms with van der Waals surface area (Å²) >= 11 is 0. The minimum atomic E-state index is 0.153. The molecule has 14 heavy (non-hydrogen) atoms. The molecular weight excluding hydrogens is 174 g/mol. The topological polar surface area (TPSA) is 29.1 Å². The van der Waals surface area contributed by atoms with Crippen molar-refractivity contribution in [3.05, 3.63) is 12.7 Å². The summed E-state index contributed by atoms with van der Waals surface area (Å²) in [4.78, 5) is 11.5. The Balaban J connectivity index is 2.40. The Hall–Kier alpha value is -0.790. The average molecular weight is 195 g/mol. The van der Waals surface area contributed by atoms with E-state index in [1.807, 2.05) is 6.08 Å². The Kier molecular flexibility index (Phi) is 4.71. The molecular formula is C12H21NO. The molecule has 1 atom stereocenters. The summed E-state index contributed by atoms with van der Waals surface area (Å²) in [5.41, 5.74) is 0. The summed E-state index contributed by atoms with van der Waals surface area (Å²) in [5.74, 6) is 1.11. The summed E-state index contributed by atoms with van der Waals surface area (Å²) in [7, 11) is 1.72. The van der Waals surface area contributed by atoms with Gasteiger partial charge >= 0.3 is 0 Å². The van der Waals surface area contributed by atoms with Crippen LogP contribution in [0.5, 0.6) is 0 Å². The molecule has 1 N–H and O–H groups in total. The van der Waals surface area contributed by atoms with E-state index in [0.29, 0.717) is 0 Å². The maximum atomic E-state index is 11.5. The monoisotopic (exact) mass is 195 g/mol. The molecule has 80 valence electrons. The number of carbonyl (C=O) groups is 1. The molecule has 0 radical (unpaired) electrons. The van der Waals surface area contributed by atoms with Crippen LogP contribution in [0.25, 0.3) is 0 Å². The first-order chi connectivity index (χ1) is 6.77. The maximum Gasteiger partial charge on any atom is 0.223 e. The number of allylic oxidation sites excluding steroid dienone is 1. The molecule has 1 rings (SSSR count). The van der Waals surface area contributed by atoms with Gasteiger partial charge in [0.25, 0.3) is 0 Å². The van der Waals surface area contributed by atoms with Gasteiger partial charge in [-0.15, -0.1) is 6.58 Å². The van der Waals surface area contributed by atoms with Crippen molar-refractivity contribution < 1.29 is 4.79 Å². The van der Waals surface area contributed by atoms with Crippen LogP contribution in [-0.4, -0.2) is 13.0 Å². The van der Waals surface area contributed by atoms with E-state index in [1.165, 1.54) is 25.7 Å². The van der Waals surface area contributed by atoms with E-state index in [4.69, 9.17) is 0 Å². The van der Waals surface area contributed by atoms with Crippen molar-refractivity contribution in [2.45, 2.75) is 38.5 Å². The lowest BCUT2D eigenvalue weighted by molar-refractivity contribution is -0.124. The van der Waals surface area contributed by atoms with Gasteiger partial charge in [0.1, 0.15) is 0 Å². The smallest absolute Gasteiger partial charge is 0.223 e. The molecule has 0 heterocycles. The molecule has 2 nitrogen and oxygen atoms in total. The fourth-order valence-corrected chi connectivity index (χ4v) is 2.36. The highest BCUT2D eigenvalue weighted by molar-refractivity contribution is 5.78. The highest BCUT2D eigenvalue weighted by Gasteiger charge is 2.23. The molecule has 0 aromatic carbocycles. The Bertz CT molecular complexity index is 194. The second-order valence-electron chi connectivity index (χ2n) is 4.22. The van der Waals surface area contributed by atoms with E-state index >= 15 is 0 Å². The second kappa shape index (κ2) is 5.84. The van der Waals surface area contributed by atoms with Gasteiger partial charge in [0, 0.05) is 13.0 Å². The minimum Gasteiger partial charge on any atom is -0.359 e. The minimum absolute atomic E-state index is 0.153. The Morgan fingerprint density at radius 1 is 1.57 bits per heavy atom. The van der Waals surface area contributed by atoms with Crippen LogP contribution in [0, 0.1) is 11.8 Å². The van der Waals surface area contributed by atoms with Crippen LogP contribution in [0.4, 0.5) is 0 Å². The summed E-state index contributed by atoms with van der Waals surface area (Å²) in [6, 6.07) is 0. The molecule has 1 aliphatic carbocycles. The Morgan fingerprint density at radius 3 is 2.71 bits per heavy atom. The van der Waals surface area contributed by atoms with Crippen LogP contribution in [0.3, 0.4) is 0 Å². The van der Waals surface area contributed by atoms with Crippen LogP contribution in [0.15, 0.2) is 12.7 Å². The van der Waals surface area contributed by atoms with Crippen molar-refractivity contribution in [1.82, 2.24) is 5.32 Å². The lowest BCUT2D eigenvalue weighted by Gasteiger charge is -2.17. The fourth-order valence-electron chi connectivity index (χ4n) is 2.36. The van der Waals surface area contributed by atoms with E-state index in [1.54, 1.807) is 7.05 Å². The van der Waals surface area contributed by atoms with Crippen molar-refractivity contribution in [3.63, 3.8) is 0 Å². The molecule has 0 aliphatic heterocycles. The SMILES string of the molecule is C=CCC(CC1CCCC1)C(=O)NC. The summed E-state index contributed by atoms with van der Waals surface area (Å²) < 4.78 is 0. The van der Waals surface area contributed by atoms with E-state index in [0.717, 1.165) is 18.8 Å². The van der Waals surface area contributed by atoms with Crippen LogP contribution >= 0.6 is 0 Å². The number of nitrogens with one attached hydrogen (secondary N) is 1. The summed E-state index contributed by atoms with van der Waals surface area (Å²) in [6.45, 7) is 3.71. The summed E-state index contributed by atoms with van der Waals surface area (Å²) in [5, 5.41) is 2.74. The third-order valence-electron chi connectivity index (χ3n) is 3.16. The number of hydrogen-bond acceptors (Lipinski definition) is 1. The number of hydrogen-bond donors (Lipinski definition) is 1. The highest BCUT2D eigenvalue weighted by Crippen LogP contribution is 2.31. The second-order valence-corrected chi connectivity index (χ2v) is 4.22. The quantitative estimate of drug-likeness (QED) is 0.671. The third-order valence-corrected chi connectivity index (χ3v) is 3.16. The van der Waals surface area contributed by atoms with Gasteiger partial charge in [-0.1, -0.05) is 31.8 Å². The van der Waals surface area contributed by atoms with Crippen molar-refractivity contribution >= 4 is 5.91 Å². The molecule has 1 fully saturated rings. The zero-order valence-electron chi connectivity index (χ0n) is 9.09. The molecule has 1 amide bonds. The van der Waals surface area contributed by atoms with Crippen LogP contribution in [-0.2, 0) is 4.79 Å². The first kappa shape index (κ1) is 11.3. The van der Waals surface area contributed by atoms with Crippen molar-refractivity contribution in [2.24, 2.45) is 11.8 Å².